The van der Waals surface area contributed by atoms with Crippen molar-refractivity contribution < 1.29 is 0 Å². The van der Waals surface area contributed by atoms with E-state index in [-0.39, 0.29) is 0 Å². The highest BCUT2D eigenvalue weighted by atomic mass is 35.5. The standard InChI is InChI=1S/C12H13Cl2N3/c13-11-4-2-1-3-10(11)8-17-12(14)9(5-6-15)7-16-17/h1-4,7H,5-6,8,15H2. The van der Waals surface area contributed by atoms with Crippen LogP contribution in [0.15, 0.2) is 30.5 Å². The van der Waals surface area contributed by atoms with Crippen LogP contribution in [0.5, 0.6) is 0 Å². The van der Waals surface area contributed by atoms with Gasteiger partial charge in [-0.2, -0.15) is 5.10 Å². The van der Waals surface area contributed by atoms with Crippen molar-refractivity contribution in [2.75, 3.05) is 6.54 Å². The van der Waals surface area contributed by atoms with Gasteiger partial charge in [-0.15, -0.1) is 0 Å². The number of hydrogen-bond acceptors (Lipinski definition) is 2. The van der Waals surface area contributed by atoms with Gasteiger partial charge in [0.1, 0.15) is 5.15 Å². The normalized spacial score (nSPS) is 10.8. The molecule has 0 bridgehead atoms. The molecule has 0 saturated heterocycles. The van der Waals surface area contributed by atoms with Gasteiger partial charge in [0.25, 0.3) is 0 Å². The average molecular weight is 270 g/mol. The predicted molar refractivity (Wildman–Crippen MR) is 70.5 cm³/mol. The minimum absolute atomic E-state index is 0.567. The molecule has 0 atom stereocenters. The third kappa shape index (κ3) is 2.80. The van der Waals surface area contributed by atoms with Crippen molar-refractivity contribution in [2.24, 2.45) is 5.73 Å². The number of nitrogens with two attached hydrogens (primary N) is 1. The molecule has 0 saturated carbocycles. The number of halogens is 2. The van der Waals surface area contributed by atoms with Gasteiger partial charge in [0, 0.05) is 10.6 Å². The lowest BCUT2D eigenvalue weighted by Crippen LogP contribution is -2.04. The van der Waals surface area contributed by atoms with Crippen molar-refractivity contribution in [1.82, 2.24) is 9.78 Å². The first-order valence-electron chi connectivity index (χ1n) is 5.36. The Morgan fingerprint density at radius 2 is 1.94 bits per heavy atom. The fraction of sp³-hybridized carbons (Fsp3) is 0.250. The van der Waals surface area contributed by atoms with Gasteiger partial charge in [0.2, 0.25) is 0 Å². The minimum atomic E-state index is 0.567. The van der Waals surface area contributed by atoms with Gasteiger partial charge < -0.3 is 5.73 Å². The summed E-state index contributed by atoms with van der Waals surface area (Å²) in [6.07, 6.45) is 2.49. The van der Waals surface area contributed by atoms with Crippen molar-refractivity contribution in [3.8, 4) is 0 Å². The summed E-state index contributed by atoms with van der Waals surface area (Å²) in [5, 5.41) is 5.60. The Morgan fingerprint density at radius 1 is 1.18 bits per heavy atom. The Labute approximate surface area is 110 Å². The molecule has 3 nitrogen and oxygen atoms in total. The Kier molecular flexibility index (Phi) is 4.05. The molecule has 0 aliphatic heterocycles. The highest BCUT2D eigenvalue weighted by Gasteiger charge is 2.09. The van der Waals surface area contributed by atoms with Gasteiger partial charge in [-0.05, 0) is 24.6 Å². The van der Waals surface area contributed by atoms with Crippen LogP contribution in [-0.2, 0) is 13.0 Å². The first-order valence-corrected chi connectivity index (χ1v) is 6.11. The maximum atomic E-state index is 6.21. The summed E-state index contributed by atoms with van der Waals surface area (Å²) >= 11 is 12.3. The summed E-state index contributed by atoms with van der Waals surface area (Å²) in [4.78, 5) is 0. The molecule has 2 aromatic rings. The molecule has 0 spiro atoms. The summed E-state index contributed by atoms with van der Waals surface area (Å²) < 4.78 is 1.73. The molecule has 0 radical (unpaired) electrons. The molecule has 1 aromatic carbocycles. The van der Waals surface area contributed by atoms with Gasteiger partial charge >= 0.3 is 0 Å². The molecule has 0 fully saturated rings. The molecule has 90 valence electrons. The van der Waals surface area contributed by atoms with Crippen molar-refractivity contribution >= 4 is 23.2 Å². The maximum Gasteiger partial charge on any atom is 0.130 e. The second kappa shape index (κ2) is 5.54. The molecule has 2 N–H and O–H groups in total. The summed E-state index contributed by atoms with van der Waals surface area (Å²) in [6.45, 7) is 1.14. The lowest BCUT2D eigenvalue weighted by molar-refractivity contribution is 0.687. The zero-order chi connectivity index (χ0) is 12.3. The highest BCUT2D eigenvalue weighted by molar-refractivity contribution is 6.31. The van der Waals surface area contributed by atoms with Gasteiger partial charge in [0.05, 0.1) is 12.7 Å². The number of hydrogen-bond donors (Lipinski definition) is 1. The molecule has 2 rings (SSSR count). The predicted octanol–water partition coefficient (Wildman–Crippen LogP) is 2.74. The lowest BCUT2D eigenvalue weighted by atomic mass is 10.2. The van der Waals surface area contributed by atoms with Crippen LogP contribution in [0.4, 0.5) is 0 Å². The summed E-state index contributed by atoms with van der Waals surface area (Å²) in [6, 6.07) is 7.66. The van der Waals surface area contributed by atoms with Crippen LogP contribution in [0.3, 0.4) is 0 Å². The van der Waals surface area contributed by atoms with Crippen molar-refractivity contribution in [1.29, 1.82) is 0 Å². The van der Waals surface area contributed by atoms with E-state index in [2.05, 4.69) is 5.10 Å². The van der Waals surface area contributed by atoms with Crippen LogP contribution in [0.25, 0.3) is 0 Å². The molecule has 0 aliphatic rings. The Hall–Kier alpha value is -1.03. The third-order valence-corrected chi connectivity index (χ3v) is 3.34. The van der Waals surface area contributed by atoms with E-state index < -0.39 is 0 Å². The smallest absolute Gasteiger partial charge is 0.130 e. The first kappa shape index (κ1) is 12.4. The molecule has 0 amide bonds. The Morgan fingerprint density at radius 3 is 2.65 bits per heavy atom. The summed E-state index contributed by atoms with van der Waals surface area (Å²) in [5.41, 5.74) is 7.47. The molecule has 1 aromatic heterocycles. The van der Waals surface area contributed by atoms with E-state index in [1.165, 1.54) is 0 Å². The monoisotopic (exact) mass is 269 g/mol. The van der Waals surface area contributed by atoms with Crippen LogP contribution >= 0.6 is 23.2 Å². The fourth-order valence-electron chi connectivity index (χ4n) is 1.63. The molecular weight excluding hydrogens is 257 g/mol. The second-order valence-electron chi connectivity index (χ2n) is 3.75. The molecule has 5 heteroatoms. The molecule has 0 unspecified atom stereocenters. The number of aromatic nitrogens is 2. The van der Waals surface area contributed by atoms with E-state index in [0.717, 1.165) is 22.6 Å². The second-order valence-corrected chi connectivity index (χ2v) is 4.51. The van der Waals surface area contributed by atoms with Gasteiger partial charge in [-0.25, -0.2) is 4.68 Å². The molecule has 0 aliphatic carbocycles. The fourth-order valence-corrected chi connectivity index (χ4v) is 2.07. The van der Waals surface area contributed by atoms with E-state index in [1.54, 1.807) is 10.9 Å². The first-order chi connectivity index (χ1) is 8.22. The van der Waals surface area contributed by atoms with E-state index in [1.807, 2.05) is 24.3 Å². The van der Waals surface area contributed by atoms with Crippen molar-refractivity contribution in [3.63, 3.8) is 0 Å². The number of nitrogens with zero attached hydrogens (tertiary/aromatic N) is 2. The van der Waals surface area contributed by atoms with Crippen molar-refractivity contribution in [3.05, 3.63) is 51.8 Å². The van der Waals surface area contributed by atoms with Gasteiger partial charge in [0.15, 0.2) is 0 Å². The zero-order valence-corrected chi connectivity index (χ0v) is 10.7. The average Bonchev–Trinajstić information content (AvgIpc) is 2.65. The van der Waals surface area contributed by atoms with E-state index in [9.17, 15) is 0 Å². The van der Waals surface area contributed by atoms with Crippen LogP contribution < -0.4 is 5.73 Å². The van der Waals surface area contributed by atoms with Crippen LogP contribution in [-0.4, -0.2) is 16.3 Å². The Bertz CT molecular complexity index is 508. The Balaban J connectivity index is 2.22. The summed E-state index contributed by atoms with van der Waals surface area (Å²) in [5.74, 6) is 0. The minimum Gasteiger partial charge on any atom is -0.330 e. The third-order valence-electron chi connectivity index (χ3n) is 2.54. The van der Waals surface area contributed by atoms with Gasteiger partial charge in [-0.3, -0.25) is 0 Å². The number of benzene rings is 1. The molecule has 1 heterocycles. The molecule has 17 heavy (non-hydrogen) atoms. The van der Waals surface area contributed by atoms with Crippen LogP contribution in [0.2, 0.25) is 10.2 Å². The SMILES string of the molecule is NCCc1cnn(Cc2ccccc2Cl)c1Cl. The lowest BCUT2D eigenvalue weighted by Gasteiger charge is -2.05. The van der Waals surface area contributed by atoms with E-state index in [4.69, 9.17) is 28.9 Å². The molecular formula is C12H13Cl2N3. The van der Waals surface area contributed by atoms with Crippen molar-refractivity contribution in [2.45, 2.75) is 13.0 Å². The van der Waals surface area contributed by atoms with Gasteiger partial charge in [-0.1, -0.05) is 41.4 Å². The zero-order valence-electron chi connectivity index (χ0n) is 9.24. The topological polar surface area (TPSA) is 43.8 Å². The quantitative estimate of drug-likeness (QED) is 0.928. The van der Waals surface area contributed by atoms with Crippen LogP contribution in [0.1, 0.15) is 11.1 Å². The van der Waals surface area contributed by atoms with Crippen LogP contribution in [0, 0.1) is 0 Å². The highest BCUT2D eigenvalue weighted by Crippen LogP contribution is 2.20. The number of rotatable bonds is 4. The maximum absolute atomic E-state index is 6.21. The largest absolute Gasteiger partial charge is 0.330 e. The summed E-state index contributed by atoms with van der Waals surface area (Å²) in [7, 11) is 0. The van der Waals surface area contributed by atoms with E-state index >= 15 is 0 Å². The van der Waals surface area contributed by atoms with E-state index in [0.29, 0.717) is 18.2 Å².